The fraction of sp³-hybridized carbons (Fsp3) is 0.789. The summed E-state index contributed by atoms with van der Waals surface area (Å²) in [6.45, 7) is 7.68. The van der Waals surface area contributed by atoms with E-state index in [1.807, 2.05) is 11.3 Å². The molecule has 128 valence electrons. The Hall–Kier alpha value is -0.420. The van der Waals surface area contributed by atoms with Crippen LogP contribution in [-0.2, 0) is 0 Å². The molecule has 0 amide bonds. The number of thiophene rings is 1. The molecular formula is C19H31N3S. The molecule has 4 heteroatoms. The summed E-state index contributed by atoms with van der Waals surface area (Å²) in [5, 5.41) is 6.15. The lowest BCUT2D eigenvalue weighted by atomic mass is 10.0. The summed E-state index contributed by atoms with van der Waals surface area (Å²) in [7, 11) is 0. The minimum Gasteiger partial charge on any atom is -0.312 e. The van der Waals surface area contributed by atoms with E-state index in [4.69, 9.17) is 0 Å². The van der Waals surface area contributed by atoms with Crippen LogP contribution < -0.4 is 5.32 Å². The van der Waals surface area contributed by atoms with Crippen molar-refractivity contribution in [1.29, 1.82) is 0 Å². The normalized spacial score (nSPS) is 25.9. The number of hydrogen-bond donors (Lipinski definition) is 1. The molecule has 1 aliphatic carbocycles. The topological polar surface area (TPSA) is 18.5 Å². The van der Waals surface area contributed by atoms with E-state index in [0.29, 0.717) is 6.04 Å². The van der Waals surface area contributed by atoms with Crippen molar-refractivity contribution >= 4 is 11.3 Å². The van der Waals surface area contributed by atoms with Gasteiger partial charge in [0.1, 0.15) is 0 Å². The first-order chi connectivity index (χ1) is 11.4. The molecule has 0 bridgehead atoms. The third-order valence-electron chi connectivity index (χ3n) is 5.85. The van der Waals surface area contributed by atoms with Crippen LogP contribution in [0.1, 0.15) is 49.4 Å². The van der Waals surface area contributed by atoms with Gasteiger partial charge in [0.25, 0.3) is 0 Å². The van der Waals surface area contributed by atoms with Gasteiger partial charge in [0.2, 0.25) is 0 Å². The van der Waals surface area contributed by atoms with Gasteiger partial charge in [0.05, 0.1) is 6.04 Å². The maximum absolute atomic E-state index is 3.91. The Kier molecular flexibility index (Phi) is 5.34. The number of likely N-dealkylation sites (tertiary alicyclic amines) is 2. The molecule has 0 radical (unpaired) electrons. The van der Waals surface area contributed by atoms with Gasteiger partial charge in [-0.15, -0.1) is 11.3 Å². The zero-order valence-corrected chi connectivity index (χ0v) is 15.1. The highest BCUT2D eigenvalue weighted by Crippen LogP contribution is 2.31. The summed E-state index contributed by atoms with van der Waals surface area (Å²) in [5.74, 6) is 1.04. The molecule has 1 unspecified atom stereocenters. The van der Waals surface area contributed by atoms with Gasteiger partial charge in [0.15, 0.2) is 0 Å². The van der Waals surface area contributed by atoms with Crippen molar-refractivity contribution in [2.45, 2.75) is 50.6 Å². The molecular weight excluding hydrogens is 302 g/mol. The van der Waals surface area contributed by atoms with Gasteiger partial charge in [-0.05, 0) is 82.1 Å². The average Bonchev–Trinajstić information content (AvgIpc) is 3.06. The molecule has 1 N–H and O–H groups in total. The van der Waals surface area contributed by atoms with E-state index in [1.165, 1.54) is 71.2 Å². The minimum absolute atomic E-state index is 0.599. The number of piperidine rings is 1. The van der Waals surface area contributed by atoms with E-state index in [0.717, 1.165) is 18.5 Å². The Morgan fingerprint density at radius 3 is 2.52 bits per heavy atom. The zero-order valence-electron chi connectivity index (χ0n) is 14.3. The second kappa shape index (κ2) is 7.64. The monoisotopic (exact) mass is 333 g/mol. The Labute approximate surface area is 145 Å². The second-order valence-electron chi connectivity index (χ2n) is 7.70. The second-order valence-corrected chi connectivity index (χ2v) is 8.68. The molecule has 1 saturated carbocycles. The van der Waals surface area contributed by atoms with E-state index in [9.17, 15) is 0 Å². The van der Waals surface area contributed by atoms with E-state index < -0.39 is 0 Å². The third kappa shape index (κ3) is 4.36. The summed E-state index contributed by atoms with van der Waals surface area (Å²) in [6, 6.07) is 5.87. The Balaban J connectivity index is 1.26. The van der Waals surface area contributed by atoms with Crippen LogP contribution in [0.3, 0.4) is 0 Å². The van der Waals surface area contributed by atoms with Crippen LogP contribution in [0.5, 0.6) is 0 Å². The highest BCUT2D eigenvalue weighted by molar-refractivity contribution is 7.10. The smallest absolute Gasteiger partial charge is 0.0566 e. The SMILES string of the molecule is c1csc(C(CNC2CCN(CC3CC3)CC2)N2CCCC2)c1. The van der Waals surface area contributed by atoms with E-state index in [2.05, 4.69) is 32.6 Å². The summed E-state index contributed by atoms with van der Waals surface area (Å²) < 4.78 is 0. The molecule has 4 rings (SSSR count). The largest absolute Gasteiger partial charge is 0.312 e. The van der Waals surface area contributed by atoms with E-state index >= 15 is 0 Å². The standard InChI is InChI=1S/C19H31N3S/c1-2-10-22(9-1)18(19-4-3-13-23-19)14-20-17-7-11-21(12-8-17)15-16-5-6-16/h3-4,13,16-18,20H,1-2,5-12,14-15H2. The highest BCUT2D eigenvalue weighted by atomic mass is 32.1. The minimum atomic E-state index is 0.599. The zero-order chi connectivity index (χ0) is 15.5. The quantitative estimate of drug-likeness (QED) is 0.825. The third-order valence-corrected chi connectivity index (χ3v) is 6.83. The van der Waals surface area contributed by atoms with Gasteiger partial charge in [-0.3, -0.25) is 4.90 Å². The number of nitrogens with one attached hydrogen (secondary N) is 1. The number of nitrogens with zero attached hydrogens (tertiary/aromatic N) is 2. The molecule has 0 aromatic carbocycles. The molecule has 3 nitrogen and oxygen atoms in total. The van der Waals surface area contributed by atoms with Crippen molar-refractivity contribution in [1.82, 2.24) is 15.1 Å². The van der Waals surface area contributed by atoms with Crippen molar-refractivity contribution in [2.75, 3.05) is 39.3 Å². The van der Waals surface area contributed by atoms with Gasteiger partial charge in [-0.1, -0.05) is 6.07 Å². The lowest BCUT2D eigenvalue weighted by molar-refractivity contribution is 0.178. The van der Waals surface area contributed by atoms with Crippen LogP contribution in [0.15, 0.2) is 17.5 Å². The van der Waals surface area contributed by atoms with E-state index in [-0.39, 0.29) is 0 Å². The number of hydrogen-bond acceptors (Lipinski definition) is 4. The predicted octanol–water partition coefficient (Wildman–Crippen LogP) is 3.35. The fourth-order valence-corrected chi connectivity index (χ4v) is 5.07. The van der Waals surface area contributed by atoms with Gasteiger partial charge < -0.3 is 10.2 Å². The first-order valence-corrected chi connectivity index (χ1v) is 10.5. The maximum atomic E-state index is 3.91. The predicted molar refractivity (Wildman–Crippen MR) is 98.1 cm³/mol. The molecule has 1 aromatic heterocycles. The Morgan fingerprint density at radius 1 is 1.09 bits per heavy atom. The average molecular weight is 334 g/mol. The van der Waals surface area contributed by atoms with Gasteiger partial charge in [-0.2, -0.15) is 0 Å². The van der Waals surface area contributed by atoms with Gasteiger partial charge in [0, 0.05) is 24.0 Å². The molecule has 23 heavy (non-hydrogen) atoms. The molecule has 3 fully saturated rings. The van der Waals surface area contributed by atoms with Crippen molar-refractivity contribution in [3.63, 3.8) is 0 Å². The molecule has 3 aliphatic rings. The van der Waals surface area contributed by atoms with Crippen LogP contribution in [0.2, 0.25) is 0 Å². The summed E-state index contributed by atoms with van der Waals surface area (Å²) >= 11 is 1.93. The summed E-state index contributed by atoms with van der Waals surface area (Å²) in [4.78, 5) is 6.94. The van der Waals surface area contributed by atoms with E-state index in [1.54, 1.807) is 4.88 Å². The first kappa shape index (κ1) is 16.1. The fourth-order valence-electron chi connectivity index (χ4n) is 4.21. The van der Waals surface area contributed by atoms with Crippen LogP contribution >= 0.6 is 11.3 Å². The van der Waals surface area contributed by atoms with Gasteiger partial charge >= 0.3 is 0 Å². The van der Waals surface area contributed by atoms with Crippen molar-refractivity contribution < 1.29 is 0 Å². The van der Waals surface area contributed by atoms with Crippen LogP contribution in [0, 0.1) is 5.92 Å². The Morgan fingerprint density at radius 2 is 1.87 bits per heavy atom. The van der Waals surface area contributed by atoms with Crippen LogP contribution in [-0.4, -0.2) is 55.1 Å². The maximum Gasteiger partial charge on any atom is 0.0566 e. The molecule has 2 saturated heterocycles. The van der Waals surface area contributed by atoms with Crippen molar-refractivity contribution in [2.24, 2.45) is 5.92 Å². The Bertz CT molecular complexity index is 457. The highest BCUT2D eigenvalue weighted by Gasteiger charge is 2.28. The molecule has 3 heterocycles. The molecule has 1 aromatic rings. The summed E-state index contributed by atoms with van der Waals surface area (Å²) in [6.07, 6.45) is 8.39. The van der Waals surface area contributed by atoms with Crippen LogP contribution in [0.25, 0.3) is 0 Å². The molecule has 1 atom stereocenters. The lowest BCUT2D eigenvalue weighted by Crippen LogP contribution is -2.45. The summed E-state index contributed by atoms with van der Waals surface area (Å²) in [5.41, 5.74) is 0. The van der Waals surface area contributed by atoms with Crippen molar-refractivity contribution in [3.05, 3.63) is 22.4 Å². The van der Waals surface area contributed by atoms with Crippen molar-refractivity contribution in [3.8, 4) is 0 Å². The molecule has 0 spiro atoms. The van der Waals surface area contributed by atoms with Crippen LogP contribution in [0.4, 0.5) is 0 Å². The first-order valence-electron chi connectivity index (χ1n) is 9.61. The molecule has 2 aliphatic heterocycles. The number of rotatable bonds is 7. The van der Waals surface area contributed by atoms with Gasteiger partial charge in [-0.25, -0.2) is 0 Å². The lowest BCUT2D eigenvalue weighted by Gasteiger charge is -2.34.